The molecule has 1 aromatic rings. The fourth-order valence-corrected chi connectivity index (χ4v) is 3.33. The van der Waals surface area contributed by atoms with E-state index in [1.807, 2.05) is 4.90 Å². The van der Waals surface area contributed by atoms with Crippen molar-refractivity contribution in [1.29, 1.82) is 0 Å². The Hall–Kier alpha value is -2.00. The summed E-state index contributed by atoms with van der Waals surface area (Å²) in [5.74, 6) is 0. The molecule has 1 unspecified atom stereocenters. The monoisotopic (exact) mass is 311 g/mol. The molecule has 2 amide bonds. The van der Waals surface area contributed by atoms with Gasteiger partial charge in [-0.2, -0.15) is 0 Å². The highest BCUT2D eigenvalue weighted by molar-refractivity contribution is 7.89. The Morgan fingerprint density at radius 3 is 2.76 bits per heavy atom. The van der Waals surface area contributed by atoms with Crippen molar-refractivity contribution < 1.29 is 13.2 Å². The second kappa shape index (κ2) is 4.78. The van der Waals surface area contributed by atoms with Gasteiger partial charge in [0.05, 0.1) is 22.3 Å². The number of piperazine rings is 1. The molecule has 2 aliphatic rings. The minimum atomic E-state index is -3.77. The van der Waals surface area contributed by atoms with E-state index in [9.17, 15) is 13.2 Å². The van der Waals surface area contributed by atoms with Crippen LogP contribution in [0.15, 0.2) is 23.1 Å². The Bertz CT molecular complexity index is 690. The normalized spacial score (nSPS) is 22.1. The molecule has 0 saturated carbocycles. The van der Waals surface area contributed by atoms with Crippen molar-refractivity contribution in [3.63, 3.8) is 0 Å². The number of urea groups is 1. The van der Waals surface area contributed by atoms with Crippen LogP contribution in [0.3, 0.4) is 0 Å². The van der Waals surface area contributed by atoms with Crippen molar-refractivity contribution in [3.05, 3.63) is 18.2 Å². The number of carbonyl (C=O) groups excluding carboxylic acids is 1. The molecule has 2 fully saturated rings. The van der Waals surface area contributed by atoms with Gasteiger partial charge in [0.25, 0.3) is 0 Å². The van der Waals surface area contributed by atoms with Crippen molar-refractivity contribution in [3.8, 4) is 0 Å². The average molecular weight is 311 g/mol. The number of carbonyl (C=O) groups is 1. The molecule has 1 aromatic carbocycles. The third kappa shape index (κ3) is 2.49. The molecule has 8 nitrogen and oxygen atoms in total. The molecule has 0 bridgehead atoms. The van der Waals surface area contributed by atoms with Crippen LogP contribution in [0.25, 0.3) is 0 Å². The number of nitrogen functional groups attached to an aromatic ring is 1. The number of hydrogen-bond donors (Lipinski definition) is 3. The van der Waals surface area contributed by atoms with Gasteiger partial charge in [-0.05, 0) is 18.2 Å². The van der Waals surface area contributed by atoms with Gasteiger partial charge < -0.3 is 20.9 Å². The van der Waals surface area contributed by atoms with Gasteiger partial charge in [0, 0.05) is 26.2 Å². The molecule has 2 saturated heterocycles. The van der Waals surface area contributed by atoms with Crippen LogP contribution in [0.1, 0.15) is 0 Å². The Labute approximate surface area is 122 Å². The summed E-state index contributed by atoms with van der Waals surface area (Å²) in [4.78, 5) is 15.4. The molecule has 0 spiro atoms. The molecule has 2 aliphatic heterocycles. The van der Waals surface area contributed by atoms with Gasteiger partial charge in [-0.25, -0.2) is 18.4 Å². The van der Waals surface area contributed by atoms with E-state index in [0.29, 0.717) is 37.6 Å². The molecule has 1 atom stereocenters. The smallest absolute Gasteiger partial charge is 0.317 e. The first-order valence-corrected chi connectivity index (χ1v) is 8.12. The van der Waals surface area contributed by atoms with Crippen LogP contribution in [0.2, 0.25) is 0 Å². The number of hydrogen-bond acceptors (Lipinski definition) is 5. The highest BCUT2D eigenvalue weighted by Gasteiger charge is 2.36. The number of amides is 2. The zero-order chi connectivity index (χ0) is 15.2. The Morgan fingerprint density at radius 2 is 2.05 bits per heavy atom. The van der Waals surface area contributed by atoms with Crippen molar-refractivity contribution in [2.75, 3.05) is 36.8 Å². The first-order valence-electron chi connectivity index (χ1n) is 6.58. The summed E-state index contributed by atoms with van der Waals surface area (Å²) in [5, 5.41) is 7.96. The second-order valence-electron chi connectivity index (χ2n) is 5.24. The Morgan fingerprint density at radius 1 is 1.29 bits per heavy atom. The standard InChI is InChI=1S/C12H17N5O3S/c13-10-2-1-9(21(14,19)20)5-11(10)16-3-4-17-8(7-16)6-15-12(17)18/h1-2,5,8H,3-4,6-7,13H2,(H,15,18)(H2,14,19,20). The molecule has 9 heteroatoms. The fraction of sp³-hybridized carbons (Fsp3) is 0.417. The van der Waals surface area contributed by atoms with Gasteiger partial charge in [0.1, 0.15) is 0 Å². The van der Waals surface area contributed by atoms with Crippen molar-refractivity contribution in [2.24, 2.45) is 5.14 Å². The van der Waals surface area contributed by atoms with Crippen LogP contribution in [0.5, 0.6) is 0 Å². The zero-order valence-electron chi connectivity index (χ0n) is 11.3. The van der Waals surface area contributed by atoms with Crippen LogP contribution < -0.4 is 21.1 Å². The predicted molar refractivity (Wildman–Crippen MR) is 78.3 cm³/mol. The number of nitrogens with one attached hydrogen (secondary N) is 1. The van der Waals surface area contributed by atoms with E-state index >= 15 is 0 Å². The van der Waals surface area contributed by atoms with E-state index in [2.05, 4.69) is 5.32 Å². The SMILES string of the molecule is Nc1ccc(S(N)(=O)=O)cc1N1CCN2C(=O)NCC2C1. The van der Waals surface area contributed by atoms with Crippen molar-refractivity contribution in [1.82, 2.24) is 10.2 Å². The van der Waals surface area contributed by atoms with Gasteiger partial charge in [0.15, 0.2) is 0 Å². The molecule has 5 N–H and O–H groups in total. The molecule has 21 heavy (non-hydrogen) atoms. The highest BCUT2D eigenvalue weighted by Crippen LogP contribution is 2.29. The lowest BCUT2D eigenvalue weighted by Crippen LogP contribution is -2.52. The summed E-state index contributed by atoms with van der Waals surface area (Å²) in [6.45, 7) is 2.37. The second-order valence-corrected chi connectivity index (χ2v) is 6.81. The number of nitrogens with two attached hydrogens (primary N) is 2. The topological polar surface area (TPSA) is 122 Å². The summed E-state index contributed by atoms with van der Waals surface area (Å²) in [7, 11) is -3.77. The maximum absolute atomic E-state index is 11.6. The zero-order valence-corrected chi connectivity index (χ0v) is 12.1. The van der Waals surface area contributed by atoms with E-state index in [0.717, 1.165) is 0 Å². The quantitative estimate of drug-likeness (QED) is 0.613. The van der Waals surface area contributed by atoms with Gasteiger partial charge >= 0.3 is 6.03 Å². The van der Waals surface area contributed by atoms with Crippen molar-refractivity contribution in [2.45, 2.75) is 10.9 Å². The number of fused-ring (bicyclic) bond motifs is 1. The van der Waals surface area contributed by atoms with E-state index in [1.54, 1.807) is 11.0 Å². The largest absolute Gasteiger partial charge is 0.397 e. The molecule has 0 radical (unpaired) electrons. The minimum Gasteiger partial charge on any atom is -0.397 e. The van der Waals surface area contributed by atoms with Crippen LogP contribution in [-0.2, 0) is 10.0 Å². The fourth-order valence-electron chi connectivity index (χ4n) is 2.80. The molecular formula is C12H17N5O3S. The van der Waals surface area contributed by atoms with Gasteiger partial charge in [0.2, 0.25) is 10.0 Å². The molecule has 3 rings (SSSR count). The lowest BCUT2D eigenvalue weighted by Gasteiger charge is -2.38. The summed E-state index contributed by atoms with van der Waals surface area (Å²) in [5.41, 5.74) is 7.09. The summed E-state index contributed by atoms with van der Waals surface area (Å²) in [6, 6.07) is 4.45. The molecule has 0 aliphatic carbocycles. The van der Waals surface area contributed by atoms with E-state index in [4.69, 9.17) is 10.9 Å². The maximum Gasteiger partial charge on any atom is 0.317 e. The highest BCUT2D eigenvalue weighted by atomic mass is 32.2. The van der Waals surface area contributed by atoms with Crippen molar-refractivity contribution >= 4 is 27.4 Å². The van der Waals surface area contributed by atoms with Crippen LogP contribution in [0, 0.1) is 0 Å². The van der Waals surface area contributed by atoms with E-state index < -0.39 is 10.0 Å². The summed E-state index contributed by atoms with van der Waals surface area (Å²) in [6.07, 6.45) is 0. The average Bonchev–Trinajstić information content (AvgIpc) is 2.79. The first kappa shape index (κ1) is 14.0. The Kier molecular flexibility index (Phi) is 3.18. The number of sulfonamides is 1. The van der Waals surface area contributed by atoms with Crippen LogP contribution >= 0.6 is 0 Å². The number of anilines is 2. The summed E-state index contributed by atoms with van der Waals surface area (Å²) < 4.78 is 22.9. The van der Waals surface area contributed by atoms with E-state index in [-0.39, 0.29) is 17.0 Å². The van der Waals surface area contributed by atoms with Crippen LogP contribution in [-0.4, -0.2) is 51.6 Å². The number of benzene rings is 1. The lowest BCUT2D eigenvalue weighted by molar-refractivity contribution is 0.198. The molecule has 0 aromatic heterocycles. The van der Waals surface area contributed by atoms with Gasteiger partial charge in [-0.15, -0.1) is 0 Å². The minimum absolute atomic E-state index is 0.0368. The molecule has 2 heterocycles. The predicted octanol–water partition coefficient (Wildman–Crippen LogP) is -0.870. The molecular weight excluding hydrogens is 294 g/mol. The number of primary sulfonamides is 1. The Balaban J connectivity index is 1.89. The number of nitrogens with zero attached hydrogens (tertiary/aromatic N) is 2. The third-order valence-electron chi connectivity index (χ3n) is 3.90. The van der Waals surface area contributed by atoms with Gasteiger partial charge in [-0.3, -0.25) is 0 Å². The van der Waals surface area contributed by atoms with E-state index in [1.165, 1.54) is 12.1 Å². The van der Waals surface area contributed by atoms with Crippen LogP contribution in [0.4, 0.5) is 16.2 Å². The third-order valence-corrected chi connectivity index (χ3v) is 4.81. The lowest BCUT2D eigenvalue weighted by atomic mass is 10.1. The summed E-state index contributed by atoms with van der Waals surface area (Å²) >= 11 is 0. The molecule has 114 valence electrons. The first-order chi connectivity index (χ1) is 9.86. The maximum atomic E-state index is 11.6. The van der Waals surface area contributed by atoms with Gasteiger partial charge in [-0.1, -0.05) is 0 Å². The number of rotatable bonds is 2.